The van der Waals surface area contributed by atoms with Gasteiger partial charge in [-0.3, -0.25) is 4.79 Å². The molecule has 1 aromatic heterocycles. The van der Waals surface area contributed by atoms with Gasteiger partial charge in [-0.1, -0.05) is 17.3 Å². The van der Waals surface area contributed by atoms with Crippen molar-refractivity contribution in [1.29, 1.82) is 0 Å². The molecule has 140 valence electrons. The van der Waals surface area contributed by atoms with Crippen LogP contribution in [0.5, 0.6) is 5.75 Å². The number of ether oxygens (including phenoxy) is 1. The monoisotopic (exact) mass is 380 g/mol. The Kier molecular flexibility index (Phi) is 5.11. The molecule has 1 amide bonds. The summed E-state index contributed by atoms with van der Waals surface area (Å²) in [6, 6.07) is 10.5. The predicted molar refractivity (Wildman–Crippen MR) is 86.2 cm³/mol. The van der Waals surface area contributed by atoms with Crippen molar-refractivity contribution in [3.63, 3.8) is 0 Å². The third-order valence-electron chi connectivity index (χ3n) is 3.53. The number of halogens is 4. The summed E-state index contributed by atoms with van der Waals surface area (Å²) in [5.74, 6) is -1.09. The second kappa shape index (κ2) is 7.48. The Bertz CT molecular complexity index is 919. The summed E-state index contributed by atoms with van der Waals surface area (Å²) < 4.78 is 58.3. The van der Waals surface area contributed by atoms with Crippen LogP contribution in [0.2, 0.25) is 0 Å². The molecule has 0 aliphatic heterocycles. The topological polar surface area (TPSA) is 64.4 Å². The first-order valence-electron chi connectivity index (χ1n) is 7.65. The highest BCUT2D eigenvalue weighted by Gasteiger charge is 2.30. The first-order valence-corrected chi connectivity index (χ1v) is 7.65. The van der Waals surface area contributed by atoms with E-state index in [4.69, 9.17) is 4.52 Å². The zero-order valence-corrected chi connectivity index (χ0v) is 13.6. The van der Waals surface area contributed by atoms with Crippen LogP contribution >= 0.6 is 0 Å². The van der Waals surface area contributed by atoms with E-state index in [0.29, 0.717) is 11.1 Å². The highest BCUT2D eigenvalue weighted by molar-refractivity contribution is 5.99. The Balaban J connectivity index is 1.65. The highest BCUT2D eigenvalue weighted by atomic mass is 19.4. The fourth-order valence-electron chi connectivity index (χ4n) is 2.30. The van der Waals surface area contributed by atoms with Crippen molar-refractivity contribution >= 4 is 5.91 Å². The van der Waals surface area contributed by atoms with Crippen molar-refractivity contribution in [2.75, 3.05) is 0 Å². The van der Waals surface area contributed by atoms with Crippen molar-refractivity contribution < 1.29 is 31.6 Å². The number of nitrogens with zero attached hydrogens (tertiary/aromatic N) is 1. The lowest BCUT2D eigenvalue weighted by molar-refractivity contribution is -0.274. The summed E-state index contributed by atoms with van der Waals surface area (Å²) >= 11 is 0. The Morgan fingerprint density at radius 3 is 2.37 bits per heavy atom. The van der Waals surface area contributed by atoms with E-state index in [-0.39, 0.29) is 23.6 Å². The molecule has 3 aromatic rings. The molecule has 2 aromatic carbocycles. The first kappa shape index (κ1) is 18.4. The van der Waals surface area contributed by atoms with E-state index >= 15 is 0 Å². The average Bonchev–Trinajstić information content (AvgIpc) is 3.10. The van der Waals surface area contributed by atoms with Crippen LogP contribution < -0.4 is 10.1 Å². The van der Waals surface area contributed by atoms with Crippen LogP contribution in [0.4, 0.5) is 17.6 Å². The van der Waals surface area contributed by atoms with Gasteiger partial charge in [-0.15, -0.1) is 13.2 Å². The molecule has 0 aliphatic carbocycles. The number of hydrogen-bond acceptors (Lipinski definition) is 4. The van der Waals surface area contributed by atoms with Crippen molar-refractivity contribution in [3.05, 3.63) is 71.7 Å². The predicted octanol–water partition coefficient (Wildman–Crippen LogP) is 4.31. The lowest BCUT2D eigenvalue weighted by atomic mass is 10.1. The number of benzene rings is 2. The molecular weight excluding hydrogens is 368 g/mol. The number of amides is 1. The smallest absolute Gasteiger partial charge is 0.406 e. The van der Waals surface area contributed by atoms with Crippen LogP contribution in [0.25, 0.3) is 11.3 Å². The van der Waals surface area contributed by atoms with Gasteiger partial charge in [0.2, 0.25) is 0 Å². The van der Waals surface area contributed by atoms with Crippen molar-refractivity contribution in [2.24, 2.45) is 0 Å². The van der Waals surface area contributed by atoms with E-state index in [2.05, 4.69) is 15.2 Å². The summed E-state index contributed by atoms with van der Waals surface area (Å²) in [5, 5.41) is 6.20. The Morgan fingerprint density at radius 2 is 1.74 bits per heavy atom. The number of nitrogens with one attached hydrogen (secondary N) is 1. The van der Waals surface area contributed by atoms with Gasteiger partial charge in [-0.25, -0.2) is 4.39 Å². The summed E-state index contributed by atoms with van der Waals surface area (Å²) in [7, 11) is 0. The second-order valence-corrected chi connectivity index (χ2v) is 5.45. The molecule has 9 heteroatoms. The molecule has 1 N–H and O–H groups in total. The fraction of sp³-hybridized carbons (Fsp3) is 0.111. The van der Waals surface area contributed by atoms with E-state index in [9.17, 15) is 22.4 Å². The molecule has 0 saturated heterocycles. The molecule has 0 atom stereocenters. The minimum atomic E-state index is -4.76. The molecule has 0 bridgehead atoms. The molecule has 0 spiro atoms. The van der Waals surface area contributed by atoms with Gasteiger partial charge >= 0.3 is 6.36 Å². The minimum absolute atomic E-state index is 0.0686. The van der Waals surface area contributed by atoms with E-state index in [1.165, 1.54) is 42.6 Å². The molecule has 27 heavy (non-hydrogen) atoms. The van der Waals surface area contributed by atoms with Gasteiger partial charge in [0.25, 0.3) is 5.91 Å². The quantitative estimate of drug-likeness (QED) is 0.670. The average molecular weight is 380 g/mol. The van der Waals surface area contributed by atoms with Gasteiger partial charge in [0, 0.05) is 12.1 Å². The molecule has 0 aliphatic rings. The Labute approximate surface area is 150 Å². The largest absolute Gasteiger partial charge is 0.573 e. The molecule has 0 radical (unpaired) electrons. The minimum Gasteiger partial charge on any atom is -0.406 e. The fourth-order valence-corrected chi connectivity index (χ4v) is 2.30. The maximum absolute atomic E-state index is 13.0. The van der Waals surface area contributed by atoms with Crippen molar-refractivity contribution in [1.82, 2.24) is 10.5 Å². The van der Waals surface area contributed by atoms with E-state index in [1.54, 1.807) is 0 Å². The van der Waals surface area contributed by atoms with Crippen LogP contribution in [0.3, 0.4) is 0 Å². The van der Waals surface area contributed by atoms with Crippen LogP contribution in [0.1, 0.15) is 15.9 Å². The molecule has 0 fully saturated rings. The molecule has 0 unspecified atom stereocenters. The molecule has 0 saturated carbocycles. The van der Waals surface area contributed by atoms with Gasteiger partial charge in [-0.05, 0) is 42.0 Å². The number of aromatic nitrogens is 1. The van der Waals surface area contributed by atoms with Crippen LogP contribution in [-0.4, -0.2) is 17.4 Å². The summed E-state index contributed by atoms with van der Waals surface area (Å²) in [5.41, 5.74) is 1.20. The van der Waals surface area contributed by atoms with E-state index in [1.807, 2.05) is 0 Å². The first-order chi connectivity index (χ1) is 12.8. The van der Waals surface area contributed by atoms with Gasteiger partial charge in [-0.2, -0.15) is 0 Å². The van der Waals surface area contributed by atoms with E-state index in [0.717, 1.165) is 12.1 Å². The maximum atomic E-state index is 13.0. The normalized spacial score (nSPS) is 11.3. The zero-order chi connectivity index (χ0) is 19.4. The molecule has 1 heterocycles. The highest BCUT2D eigenvalue weighted by Crippen LogP contribution is 2.24. The second-order valence-electron chi connectivity index (χ2n) is 5.45. The number of carbonyl (C=O) groups is 1. The maximum Gasteiger partial charge on any atom is 0.573 e. The number of rotatable bonds is 5. The Hall–Kier alpha value is -3.36. The third kappa shape index (κ3) is 4.84. The van der Waals surface area contributed by atoms with Gasteiger partial charge in [0.05, 0.1) is 6.20 Å². The van der Waals surface area contributed by atoms with Gasteiger partial charge in [0.15, 0.2) is 5.76 Å². The number of alkyl halides is 3. The summed E-state index contributed by atoms with van der Waals surface area (Å²) in [6.45, 7) is 0.0686. The Morgan fingerprint density at radius 1 is 1.07 bits per heavy atom. The van der Waals surface area contributed by atoms with Gasteiger partial charge in [0.1, 0.15) is 17.1 Å². The van der Waals surface area contributed by atoms with Gasteiger partial charge < -0.3 is 14.6 Å². The third-order valence-corrected chi connectivity index (χ3v) is 3.53. The lowest BCUT2D eigenvalue weighted by Gasteiger charge is -2.09. The molecule has 5 nitrogen and oxygen atoms in total. The van der Waals surface area contributed by atoms with Crippen LogP contribution in [-0.2, 0) is 6.54 Å². The van der Waals surface area contributed by atoms with E-state index < -0.39 is 18.1 Å². The lowest BCUT2D eigenvalue weighted by Crippen LogP contribution is -2.23. The zero-order valence-electron chi connectivity index (χ0n) is 13.6. The van der Waals surface area contributed by atoms with Crippen LogP contribution in [0.15, 0.2) is 59.3 Å². The summed E-state index contributed by atoms with van der Waals surface area (Å²) in [4.78, 5) is 12.3. The summed E-state index contributed by atoms with van der Waals surface area (Å²) in [6.07, 6.45) is -3.53. The molecular formula is C18H12F4N2O3. The van der Waals surface area contributed by atoms with Crippen LogP contribution in [0, 0.1) is 5.82 Å². The number of carbonyl (C=O) groups excluding carboxylic acids is 1. The van der Waals surface area contributed by atoms with Crippen molar-refractivity contribution in [2.45, 2.75) is 12.9 Å². The molecule has 3 rings (SSSR count). The number of hydrogen-bond donors (Lipinski definition) is 1. The van der Waals surface area contributed by atoms with Crippen molar-refractivity contribution in [3.8, 4) is 17.1 Å². The SMILES string of the molecule is O=C(NCc1ccc(OC(F)(F)F)cc1)c1cnoc1-c1ccc(F)cc1. The standard InChI is InChI=1S/C18H12F4N2O3/c19-13-5-3-12(4-6-13)16-15(10-24-27-16)17(25)23-9-11-1-7-14(8-2-11)26-18(20,21)22/h1-8,10H,9H2,(H,23,25).